The zero-order chi connectivity index (χ0) is 22.5. The molecule has 4 nitrogen and oxygen atoms in total. The monoisotopic (exact) mass is 508 g/mol. The third-order valence-electron chi connectivity index (χ3n) is 5.12. The van der Waals surface area contributed by atoms with Gasteiger partial charge >= 0.3 is 0 Å². The van der Waals surface area contributed by atoms with Gasteiger partial charge in [0, 0.05) is 5.69 Å². The number of carbonyl (C=O) groups excluding carboxylic acids is 1. The normalized spacial score (nSPS) is 16.8. The molecule has 0 aromatic heterocycles. The van der Waals surface area contributed by atoms with Gasteiger partial charge in [0.1, 0.15) is 12.4 Å². The summed E-state index contributed by atoms with van der Waals surface area (Å²) in [7, 11) is 0. The molecule has 0 saturated carbocycles. The Morgan fingerprint density at radius 1 is 1.09 bits per heavy atom. The molecule has 1 aliphatic heterocycles. The maximum atomic E-state index is 12.4. The summed E-state index contributed by atoms with van der Waals surface area (Å²) in [6, 6.07) is 22.4. The van der Waals surface area contributed by atoms with Gasteiger partial charge in [-0.3, -0.25) is 4.79 Å². The Kier molecular flexibility index (Phi) is 7.22. The molecule has 1 heterocycles. The molecule has 164 valence electrons. The second kappa shape index (κ2) is 10.3. The molecule has 3 aromatic rings. The highest BCUT2D eigenvalue weighted by atomic mass is 79.9. The van der Waals surface area contributed by atoms with Crippen molar-refractivity contribution in [3.63, 3.8) is 0 Å². The van der Waals surface area contributed by atoms with E-state index in [4.69, 9.17) is 4.74 Å². The van der Waals surface area contributed by atoms with Crippen molar-refractivity contribution in [1.82, 2.24) is 5.32 Å². The van der Waals surface area contributed by atoms with Gasteiger partial charge in [0.15, 0.2) is 5.50 Å². The Morgan fingerprint density at radius 3 is 2.62 bits per heavy atom. The standard InChI is InChI=1S/C26H25BrN2O2S/c1-3-18-7-10-21(11-8-18)28-26-29-25(30)24(32-26)15-19-9-12-23(22(27)14-19)31-16-20-6-4-5-17(2)13-20/h4-15,26,28H,3,16H2,1-2H3,(H,29,30)/b24-15-/t26-/m0/s1. The van der Waals surface area contributed by atoms with Gasteiger partial charge in [0.2, 0.25) is 0 Å². The van der Waals surface area contributed by atoms with E-state index in [1.54, 1.807) is 0 Å². The molecule has 3 aromatic carbocycles. The van der Waals surface area contributed by atoms with E-state index in [0.717, 1.165) is 33.5 Å². The van der Waals surface area contributed by atoms with Gasteiger partial charge in [0.05, 0.1) is 9.38 Å². The Labute approximate surface area is 201 Å². The number of nitrogens with one attached hydrogen (secondary N) is 2. The number of hydrogen-bond donors (Lipinski definition) is 2. The van der Waals surface area contributed by atoms with Crippen molar-refractivity contribution in [3.05, 3.63) is 98.4 Å². The van der Waals surface area contributed by atoms with E-state index in [9.17, 15) is 4.79 Å². The molecule has 0 unspecified atom stereocenters. The molecule has 0 bridgehead atoms. The maximum absolute atomic E-state index is 12.4. The minimum atomic E-state index is -0.193. The van der Waals surface area contributed by atoms with Crippen LogP contribution in [-0.2, 0) is 17.8 Å². The highest BCUT2D eigenvalue weighted by Crippen LogP contribution is 2.32. The van der Waals surface area contributed by atoms with E-state index in [1.165, 1.54) is 22.9 Å². The van der Waals surface area contributed by atoms with E-state index in [2.05, 4.69) is 70.7 Å². The predicted molar refractivity (Wildman–Crippen MR) is 137 cm³/mol. The van der Waals surface area contributed by atoms with Crippen molar-refractivity contribution < 1.29 is 9.53 Å². The molecule has 32 heavy (non-hydrogen) atoms. The van der Waals surface area contributed by atoms with Gasteiger partial charge in [0.25, 0.3) is 5.91 Å². The van der Waals surface area contributed by atoms with Gasteiger partial charge in [-0.2, -0.15) is 0 Å². The first-order chi connectivity index (χ1) is 15.5. The lowest BCUT2D eigenvalue weighted by atomic mass is 10.1. The predicted octanol–water partition coefficient (Wildman–Crippen LogP) is 6.50. The van der Waals surface area contributed by atoms with Crippen LogP contribution in [0.1, 0.15) is 29.2 Å². The van der Waals surface area contributed by atoms with Crippen molar-refractivity contribution in [2.45, 2.75) is 32.4 Å². The summed E-state index contributed by atoms with van der Waals surface area (Å²) in [5.74, 6) is 0.695. The van der Waals surface area contributed by atoms with Gasteiger partial charge in [-0.25, -0.2) is 0 Å². The number of rotatable bonds is 7. The van der Waals surface area contributed by atoms with Crippen LogP contribution in [0.25, 0.3) is 6.08 Å². The zero-order valence-corrected chi connectivity index (χ0v) is 20.4. The van der Waals surface area contributed by atoms with E-state index < -0.39 is 0 Å². The van der Waals surface area contributed by atoms with E-state index in [-0.39, 0.29) is 11.4 Å². The van der Waals surface area contributed by atoms with Crippen LogP contribution in [0.5, 0.6) is 5.75 Å². The van der Waals surface area contributed by atoms with Crippen LogP contribution in [0.15, 0.2) is 76.1 Å². The fraction of sp³-hybridized carbons (Fsp3) is 0.192. The van der Waals surface area contributed by atoms with Crippen molar-refractivity contribution >= 4 is 45.4 Å². The molecule has 1 amide bonds. The maximum Gasteiger partial charge on any atom is 0.260 e. The Morgan fingerprint density at radius 2 is 1.91 bits per heavy atom. The molecule has 1 atom stereocenters. The third-order valence-corrected chi connectivity index (χ3v) is 6.77. The number of benzene rings is 3. The smallest absolute Gasteiger partial charge is 0.260 e. The number of thioether (sulfide) groups is 1. The summed E-state index contributed by atoms with van der Waals surface area (Å²) >= 11 is 5.07. The zero-order valence-electron chi connectivity index (χ0n) is 18.0. The summed E-state index contributed by atoms with van der Waals surface area (Å²) in [5.41, 5.74) is 5.36. The SMILES string of the molecule is CCc1ccc(N[C@H]2NC(=O)/C(=C/c3ccc(OCc4cccc(C)c4)c(Br)c3)S2)cc1. The quantitative estimate of drug-likeness (QED) is 0.357. The molecule has 0 radical (unpaired) electrons. The topological polar surface area (TPSA) is 50.4 Å². The molecule has 0 aliphatic carbocycles. The number of hydrogen-bond acceptors (Lipinski definition) is 4. The first-order valence-corrected chi connectivity index (χ1v) is 12.2. The lowest BCUT2D eigenvalue weighted by molar-refractivity contribution is -0.116. The summed E-state index contributed by atoms with van der Waals surface area (Å²) in [5, 5.41) is 6.33. The van der Waals surface area contributed by atoms with Crippen molar-refractivity contribution in [1.29, 1.82) is 0 Å². The number of halogens is 1. The number of anilines is 1. The minimum Gasteiger partial charge on any atom is -0.488 e. The molecule has 6 heteroatoms. The molecular formula is C26H25BrN2O2S. The Balaban J connectivity index is 1.39. The lowest BCUT2D eigenvalue weighted by Gasteiger charge is -2.12. The highest BCUT2D eigenvalue weighted by molar-refractivity contribution is 9.10. The number of aryl methyl sites for hydroxylation is 2. The average molecular weight is 509 g/mol. The summed E-state index contributed by atoms with van der Waals surface area (Å²) in [6.07, 6.45) is 2.91. The first-order valence-electron chi connectivity index (χ1n) is 10.5. The van der Waals surface area contributed by atoms with Crippen LogP contribution in [0.2, 0.25) is 0 Å². The molecule has 1 saturated heterocycles. The number of ether oxygens (including phenoxy) is 1. The number of amides is 1. The van der Waals surface area contributed by atoms with Crippen molar-refractivity contribution in [3.8, 4) is 5.75 Å². The average Bonchev–Trinajstić information content (AvgIpc) is 3.12. The number of carbonyl (C=O) groups is 1. The fourth-order valence-corrected chi connectivity index (χ4v) is 4.89. The van der Waals surface area contributed by atoms with Gasteiger partial charge < -0.3 is 15.4 Å². The first kappa shape index (κ1) is 22.5. The summed E-state index contributed by atoms with van der Waals surface area (Å²) in [6.45, 7) is 4.71. The van der Waals surface area contributed by atoms with E-state index in [0.29, 0.717) is 11.5 Å². The van der Waals surface area contributed by atoms with Crippen LogP contribution < -0.4 is 15.4 Å². The fourth-order valence-electron chi connectivity index (χ4n) is 3.39. The largest absolute Gasteiger partial charge is 0.488 e. The second-order valence-electron chi connectivity index (χ2n) is 7.64. The van der Waals surface area contributed by atoms with Gasteiger partial charge in [-0.05, 0) is 76.3 Å². The van der Waals surface area contributed by atoms with Crippen molar-refractivity contribution in [2.75, 3.05) is 5.32 Å². The highest BCUT2D eigenvalue weighted by Gasteiger charge is 2.27. The van der Waals surface area contributed by atoms with Crippen LogP contribution >= 0.6 is 27.7 Å². The molecule has 2 N–H and O–H groups in total. The van der Waals surface area contributed by atoms with Crippen LogP contribution in [0.3, 0.4) is 0 Å². The van der Waals surface area contributed by atoms with Crippen LogP contribution in [-0.4, -0.2) is 11.4 Å². The van der Waals surface area contributed by atoms with Crippen molar-refractivity contribution in [2.24, 2.45) is 0 Å². The van der Waals surface area contributed by atoms with E-state index >= 15 is 0 Å². The minimum absolute atomic E-state index is 0.0754. The van der Waals surface area contributed by atoms with Crippen LogP contribution in [0, 0.1) is 6.92 Å². The molecule has 1 aliphatic rings. The molecule has 4 rings (SSSR count). The molecular weight excluding hydrogens is 484 g/mol. The second-order valence-corrected chi connectivity index (χ2v) is 9.64. The Bertz CT molecular complexity index is 1140. The van der Waals surface area contributed by atoms with Gasteiger partial charge in [-0.15, -0.1) is 0 Å². The molecule has 1 fully saturated rings. The summed E-state index contributed by atoms with van der Waals surface area (Å²) < 4.78 is 6.82. The molecule has 0 spiro atoms. The van der Waals surface area contributed by atoms with Crippen LogP contribution in [0.4, 0.5) is 5.69 Å². The summed E-state index contributed by atoms with van der Waals surface area (Å²) in [4.78, 5) is 13.1. The van der Waals surface area contributed by atoms with Gasteiger partial charge in [-0.1, -0.05) is 66.7 Å². The Hall–Kier alpha value is -2.70. The third kappa shape index (κ3) is 5.75. The van der Waals surface area contributed by atoms with E-state index in [1.807, 2.05) is 42.5 Å². The lowest BCUT2D eigenvalue weighted by Crippen LogP contribution is -2.30.